The van der Waals surface area contributed by atoms with E-state index in [4.69, 9.17) is 0 Å². The van der Waals surface area contributed by atoms with Crippen molar-refractivity contribution < 1.29 is 9.59 Å². The molecule has 0 radical (unpaired) electrons. The van der Waals surface area contributed by atoms with E-state index in [1.54, 1.807) is 19.1 Å². The molecule has 2 amide bonds. The number of para-hydroxylation sites is 1. The number of thiophene rings is 1. The second-order valence-electron chi connectivity index (χ2n) is 7.28. The van der Waals surface area contributed by atoms with Gasteiger partial charge in [0.2, 0.25) is 5.91 Å². The number of aromatic nitrogens is 2. The SMILES string of the molecule is Cc1c(C(=O)Nc2ccccc2)sc2ncn(CC(=O)NC3CCCC3)c(=O)c12. The highest BCUT2D eigenvalue weighted by molar-refractivity contribution is 7.20. The Kier molecular flexibility index (Phi) is 5.44. The fourth-order valence-corrected chi connectivity index (χ4v) is 4.73. The average molecular weight is 410 g/mol. The fourth-order valence-electron chi connectivity index (χ4n) is 3.70. The molecule has 0 bridgehead atoms. The lowest BCUT2D eigenvalue weighted by molar-refractivity contribution is -0.122. The molecular formula is C21H22N4O3S. The first kappa shape index (κ1) is 19.3. The van der Waals surface area contributed by atoms with Crippen LogP contribution < -0.4 is 16.2 Å². The van der Waals surface area contributed by atoms with Crippen LogP contribution in [-0.2, 0) is 11.3 Å². The zero-order valence-electron chi connectivity index (χ0n) is 16.1. The lowest BCUT2D eigenvalue weighted by atomic mass is 10.2. The van der Waals surface area contributed by atoms with Crippen molar-refractivity contribution in [1.82, 2.24) is 14.9 Å². The highest BCUT2D eigenvalue weighted by Crippen LogP contribution is 2.27. The topological polar surface area (TPSA) is 93.1 Å². The summed E-state index contributed by atoms with van der Waals surface area (Å²) in [5, 5.41) is 6.21. The molecule has 4 rings (SSSR count). The lowest BCUT2D eigenvalue weighted by Gasteiger charge is -2.12. The maximum Gasteiger partial charge on any atom is 0.266 e. The first-order valence-corrected chi connectivity index (χ1v) is 10.5. The number of aryl methyl sites for hydroxylation is 1. The number of nitrogens with zero attached hydrogens (tertiary/aromatic N) is 2. The predicted octanol–water partition coefficient (Wildman–Crippen LogP) is 3.08. The maximum atomic E-state index is 12.9. The molecule has 2 aromatic heterocycles. The van der Waals surface area contributed by atoms with E-state index in [2.05, 4.69) is 15.6 Å². The summed E-state index contributed by atoms with van der Waals surface area (Å²) in [5.74, 6) is -0.461. The highest BCUT2D eigenvalue weighted by Gasteiger charge is 2.21. The van der Waals surface area contributed by atoms with E-state index in [-0.39, 0.29) is 30.0 Å². The van der Waals surface area contributed by atoms with Crippen molar-refractivity contribution in [3.8, 4) is 0 Å². The van der Waals surface area contributed by atoms with Gasteiger partial charge in [-0.1, -0.05) is 31.0 Å². The first-order valence-electron chi connectivity index (χ1n) is 9.67. The van der Waals surface area contributed by atoms with E-state index in [9.17, 15) is 14.4 Å². The van der Waals surface area contributed by atoms with Crippen molar-refractivity contribution in [3.05, 3.63) is 57.5 Å². The summed E-state index contributed by atoms with van der Waals surface area (Å²) in [6.45, 7) is 1.67. The van der Waals surface area contributed by atoms with Crippen molar-refractivity contribution in [1.29, 1.82) is 0 Å². The van der Waals surface area contributed by atoms with E-state index in [1.807, 2.05) is 18.2 Å². The molecular weight excluding hydrogens is 388 g/mol. The quantitative estimate of drug-likeness (QED) is 0.676. The third-order valence-electron chi connectivity index (χ3n) is 5.19. The smallest absolute Gasteiger partial charge is 0.266 e. The van der Waals surface area contributed by atoms with Gasteiger partial charge in [-0.05, 0) is 37.5 Å². The minimum Gasteiger partial charge on any atom is -0.352 e. The number of anilines is 1. The molecule has 1 saturated carbocycles. The Balaban J connectivity index is 1.57. The third-order valence-corrected chi connectivity index (χ3v) is 6.39. The second kappa shape index (κ2) is 8.16. The molecule has 0 aliphatic heterocycles. The van der Waals surface area contributed by atoms with Crippen LogP contribution in [0.1, 0.15) is 40.9 Å². The molecule has 3 aromatic rings. The van der Waals surface area contributed by atoms with Gasteiger partial charge in [-0.15, -0.1) is 11.3 Å². The average Bonchev–Trinajstić information content (AvgIpc) is 3.33. The molecule has 0 saturated heterocycles. The Morgan fingerprint density at radius 3 is 2.66 bits per heavy atom. The Labute approximate surface area is 171 Å². The highest BCUT2D eigenvalue weighted by atomic mass is 32.1. The Bertz CT molecular complexity index is 1110. The molecule has 29 heavy (non-hydrogen) atoms. The molecule has 1 aliphatic rings. The van der Waals surface area contributed by atoms with Gasteiger partial charge in [0, 0.05) is 11.7 Å². The molecule has 1 fully saturated rings. The number of carbonyl (C=O) groups is 2. The first-order chi connectivity index (χ1) is 14.0. The fraction of sp³-hybridized carbons (Fsp3) is 0.333. The molecule has 7 nitrogen and oxygen atoms in total. The van der Waals surface area contributed by atoms with Crippen LogP contribution in [0.4, 0.5) is 5.69 Å². The summed E-state index contributed by atoms with van der Waals surface area (Å²) in [4.78, 5) is 43.2. The number of amides is 2. The Morgan fingerprint density at radius 1 is 1.21 bits per heavy atom. The number of hydrogen-bond donors (Lipinski definition) is 2. The van der Waals surface area contributed by atoms with E-state index in [0.717, 1.165) is 25.7 Å². The standard InChI is InChI=1S/C21H22N4O3S/c1-13-17-20(29-18(13)19(27)24-15-7-3-2-4-8-15)22-12-25(21(17)28)11-16(26)23-14-9-5-6-10-14/h2-4,7-8,12,14H,5-6,9-11H2,1H3,(H,23,26)(H,24,27). The van der Waals surface area contributed by atoms with Crippen LogP contribution in [-0.4, -0.2) is 27.4 Å². The van der Waals surface area contributed by atoms with Gasteiger partial charge in [0.1, 0.15) is 11.4 Å². The molecule has 1 aromatic carbocycles. The summed E-state index contributed by atoms with van der Waals surface area (Å²) in [6, 6.07) is 9.35. The van der Waals surface area contributed by atoms with Crippen LogP contribution in [0.5, 0.6) is 0 Å². The third kappa shape index (κ3) is 4.07. The van der Waals surface area contributed by atoms with Crippen molar-refractivity contribution in [3.63, 3.8) is 0 Å². The van der Waals surface area contributed by atoms with Gasteiger partial charge in [0.05, 0.1) is 16.6 Å². The molecule has 2 N–H and O–H groups in total. The normalized spacial score (nSPS) is 14.2. The van der Waals surface area contributed by atoms with Crippen molar-refractivity contribution in [2.24, 2.45) is 0 Å². The van der Waals surface area contributed by atoms with Crippen LogP contribution in [0.3, 0.4) is 0 Å². The molecule has 1 aliphatic carbocycles. The summed E-state index contributed by atoms with van der Waals surface area (Å²) < 4.78 is 1.31. The molecule has 150 valence electrons. The van der Waals surface area contributed by atoms with E-state index < -0.39 is 0 Å². The lowest BCUT2D eigenvalue weighted by Crippen LogP contribution is -2.37. The van der Waals surface area contributed by atoms with Crippen LogP contribution in [0.25, 0.3) is 10.2 Å². The minimum atomic E-state index is -0.302. The van der Waals surface area contributed by atoms with Crippen LogP contribution >= 0.6 is 11.3 Å². The minimum absolute atomic E-state index is 0.0703. The van der Waals surface area contributed by atoms with Crippen molar-refractivity contribution in [2.45, 2.75) is 45.2 Å². The molecule has 0 atom stereocenters. The second-order valence-corrected chi connectivity index (χ2v) is 8.28. The summed E-state index contributed by atoms with van der Waals surface area (Å²) in [6.07, 6.45) is 5.61. The van der Waals surface area contributed by atoms with Gasteiger partial charge in [-0.25, -0.2) is 4.98 Å². The zero-order valence-corrected chi connectivity index (χ0v) is 16.9. The Hall–Kier alpha value is -3.00. The predicted molar refractivity (Wildman–Crippen MR) is 113 cm³/mol. The number of fused-ring (bicyclic) bond motifs is 1. The zero-order chi connectivity index (χ0) is 20.4. The van der Waals surface area contributed by atoms with Gasteiger partial charge in [-0.3, -0.25) is 19.0 Å². The van der Waals surface area contributed by atoms with Crippen LogP contribution in [0, 0.1) is 6.92 Å². The number of nitrogens with one attached hydrogen (secondary N) is 2. The van der Waals surface area contributed by atoms with E-state index in [0.29, 0.717) is 26.3 Å². The molecule has 8 heteroatoms. The van der Waals surface area contributed by atoms with Gasteiger partial charge >= 0.3 is 0 Å². The van der Waals surface area contributed by atoms with Crippen molar-refractivity contribution >= 4 is 39.1 Å². The summed E-state index contributed by atoms with van der Waals surface area (Å²) in [7, 11) is 0. The number of hydrogen-bond acceptors (Lipinski definition) is 5. The van der Waals surface area contributed by atoms with Crippen LogP contribution in [0.15, 0.2) is 41.5 Å². The largest absolute Gasteiger partial charge is 0.352 e. The molecule has 0 unspecified atom stereocenters. The van der Waals surface area contributed by atoms with E-state index in [1.165, 1.54) is 22.2 Å². The maximum absolute atomic E-state index is 12.9. The van der Waals surface area contributed by atoms with Gasteiger partial charge < -0.3 is 10.6 Å². The van der Waals surface area contributed by atoms with Gasteiger partial charge in [0.25, 0.3) is 11.5 Å². The molecule has 0 spiro atoms. The number of benzene rings is 1. The Morgan fingerprint density at radius 2 is 1.93 bits per heavy atom. The number of carbonyl (C=O) groups excluding carboxylic acids is 2. The van der Waals surface area contributed by atoms with Gasteiger partial charge in [0.15, 0.2) is 0 Å². The van der Waals surface area contributed by atoms with Crippen molar-refractivity contribution in [2.75, 3.05) is 5.32 Å². The van der Waals surface area contributed by atoms with Gasteiger partial charge in [-0.2, -0.15) is 0 Å². The number of rotatable bonds is 5. The monoisotopic (exact) mass is 410 g/mol. The van der Waals surface area contributed by atoms with E-state index >= 15 is 0 Å². The van der Waals surface area contributed by atoms with Crippen LogP contribution in [0.2, 0.25) is 0 Å². The summed E-state index contributed by atoms with van der Waals surface area (Å²) >= 11 is 1.18. The summed E-state index contributed by atoms with van der Waals surface area (Å²) in [5.41, 5.74) is 0.967. The molecule has 2 heterocycles.